The van der Waals surface area contributed by atoms with Crippen molar-refractivity contribution >= 4 is 15.9 Å². The van der Waals surface area contributed by atoms with Crippen molar-refractivity contribution in [1.82, 2.24) is 14.8 Å². The highest BCUT2D eigenvalue weighted by Crippen LogP contribution is 2.30. The topological polar surface area (TPSA) is 59.9 Å². The zero-order valence-corrected chi connectivity index (χ0v) is 11.4. The lowest BCUT2D eigenvalue weighted by molar-refractivity contribution is 0.381. The Hall–Kier alpha value is -1.63. The van der Waals surface area contributed by atoms with E-state index in [4.69, 9.17) is 4.74 Å². The van der Waals surface area contributed by atoms with Crippen molar-refractivity contribution in [2.75, 3.05) is 7.11 Å². The first-order valence-corrected chi connectivity index (χ1v) is 5.95. The van der Waals surface area contributed by atoms with Crippen LogP contribution in [0.4, 0.5) is 4.39 Å². The van der Waals surface area contributed by atoms with Gasteiger partial charge in [-0.3, -0.25) is 4.57 Å². The van der Waals surface area contributed by atoms with Gasteiger partial charge < -0.3 is 4.74 Å². The van der Waals surface area contributed by atoms with Gasteiger partial charge >= 0.3 is 5.69 Å². The quantitative estimate of drug-likeness (QED) is 0.936. The van der Waals surface area contributed by atoms with Gasteiger partial charge in [-0.1, -0.05) is 6.07 Å². The van der Waals surface area contributed by atoms with Crippen LogP contribution >= 0.6 is 15.9 Å². The molecule has 0 fully saturated rings. The predicted molar refractivity (Wildman–Crippen MR) is 67.3 cm³/mol. The number of halogens is 2. The fraction of sp³-hybridized carbons (Fsp3) is 0.273. The van der Waals surface area contributed by atoms with Gasteiger partial charge in [-0.05, 0) is 27.6 Å². The molecule has 0 radical (unpaired) electrons. The highest BCUT2D eigenvalue weighted by atomic mass is 79.9. The Morgan fingerprint density at radius 2 is 2.28 bits per heavy atom. The molecule has 0 saturated heterocycles. The molecule has 0 atom stereocenters. The van der Waals surface area contributed by atoms with Crippen LogP contribution < -0.4 is 10.4 Å². The second kappa shape index (κ2) is 4.93. The lowest BCUT2D eigenvalue weighted by atomic mass is 10.1. The van der Waals surface area contributed by atoms with Gasteiger partial charge in [0.15, 0.2) is 11.6 Å². The molecule has 0 aliphatic heterocycles. The maximum Gasteiger partial charge on any atom is 0.343 e. The van der Waals surface area contributed by atoms with Crippen LogP contribution in [0.3, 0.4) is 0 Å². The average molecular weight is 316 g/mol. The minimum absolute atomic E-state index is 0.146. The van der Waals surface area contributed by atoms with Gasteiger partial charge in [0.1, 0.15) is 5.82 Å². The maximum absolute atomic E-state index is 14.1. The third kappa shape index (κ3) is 2.17. The molecule has 7 heteroatoms. The fourth-order valence-corrected chi connectivity index (χ4v) is 2.07. The Morgan fingerprint density at radius 3 is 2.83 bits per heavy atom. The van der Waals surface area contributed by atoms with Crippen LogP contribution in [0.5, 0.6) is 5.75 Å². The summed E-state index contributed by atoms with van der Waals surface area (Å²) >= 11 is 3.20. The number of ether oxygens (including phenoxy) is 1. The Kier molecular flexibility index (Phi) is 3.51. The van der Waals surface area contributed by atoms with Crippen LogP contribution in [-0.4, -0.2) is 21.9 Å². The summed E-state index contributed by atoms with van der Waals surface area (Å²) < 4.78 is 20.9. The molecule has 1 aromatic carbocycles. The van der Waals surface area contributed by atoms with Gasteiger partial charge in [0.25, 0.3) is 0 Å². The van der Waals surface area contributed by atoms with Crippen molar-refractivity contribution in [1.29, 1.82) is 0 Å². The fourth-order valence-electron chi connectivity index (χ4n) is 1.60. The third-order valence-electron chi connectivity index (χ3n) is 2.65. The van der Waals surface area contributed by atoms with Crippen LogP contribution in [-0.2, 0) is 13.5 Å². The van der Waals surface area contributed by atoms with Crippen LogP contribution in [0, 0.1) is 5.82 Å². The van der Waals surface area contributed by atoms with E-state index in [0.717, 1.165) is 0 Å². The lowest BCUT2D eigenvalue weighted by Crippen LogP contribution is -2.15. The zero-order valence-electron chi connectivity index (χ0n) is 9.83. The first kappa shape index (κ1) is 12.8. The summed E-state index contributed by atoms with van der Waals surface area (Å²) in [5.74, 6) is 0.152. The van der Waals surface area contributed by atoms with Crippen LogP contribution in [0.1, 0.15) is 11.4 Å². The monoisotopic (exact) mass is 315 g/mol. The van der Waals surface area contributed by atoms with E-state index < -0.39 is 5.82 Å². The second-order valence-corrected chi connectivity index (χ2v) is 4.59. The molecule has 18 heavy (non-hydrogen) atoms. The van der Waals surface area contributed by atoms with E-state index in [9.17, 15) is 9.18 Å². The molecule has 2 aromatic rings. The smallest absolute Gasteiger partial charge is 0.343 e. The van der Waals surface area contributed by atoms with E-state index in [1.165, 1.54) is 11.7 Å². The molecule has 0 bridgehead atoms. The Balaban J connectivity index is 2.41. The summed E-state index contributed by atoms with van der Waals surface area (Å²) in [6, 6.07) is 3.32. The number of nitrogens with one attached hydrogen (secondary N) is 1. The molecular weight excluding hydrogens is 305 g/mol. The number of hydrogen-bond acceptors (Lipinski definition) is 3. The summed E-state index contributed by atoms with van der Waals surface area (Å²) in [6.45, 7) is 0. The molecule has 5 nitrogen and oxygen atoms in total. The van der Waals surface area contributed by atoms with Crippen molar-refractivity contribution < 1.29 is 9.13 Å². The van der Waals surface area contributed by atoms with Crippen LogP contribution in [0.2, 0.25) is 0 Å². The van der Waals surface area contributed by atoms with Crippen molar-refractivity contribution in [3.05, 3.63) is 44.3 Å². The van der Waals surface area contributed by atoms with Crippen LogP contribution in [0.25, 0.3) is 0 Å². The summed E-state index contributed by atoms with van der Waals surface area (Å²) in [5, 5.41) is 6.15. The van der Waals surface area contributed by atoms with E-state index in [1.807, 2.05) is 0 Å². The standard InChI is InChI=1S/C11H11BrFN3O2/c1-16-8(14-15-11(16)17)5-6-3-4-7(12)10(18-2)9(6)13/h3-4H,5H2,1-2H3,(H,15,17). The van der Waals surface area contributed by atoms with Crippen molar-refractivity contribution in [3.63, 3.8) is 0 Å². The molecule has 0 aliphatic rings. The van der Waals surface area contributed by atoms with Crippen molar-refractivity contribution in [2.24, 2.45) is 7.05 Å². The number of hydrogen-bond donors (Lipinski definition) is 1. The summed E-state index contributed by atoms with van der Waals surface area (Å²) in [6.07, 6.45) is 0.213. The van der Waals surface area contributed by atoms with E-state index >= 15 is 0 Å². The maximum atomic E-state index is 14.1. The van der Waals surface area contributed by atoms with E-state index in [-0.39, 0.29) is 17.9 Å². The predicted octanol–water partition coefficient (Wildman–Crippen LogP) is 1.61. The normalized spacial score (nSPS) is 10.7. The first-order chi connectivity index (χ1) is 8.54. The lowest BCUT2D eigenvalue weighted by Gasteiger charge is -2.08. The van der Waals surface area contributed by atoms with Gasteiger partial charge in [-0.15, -0.1) is 0 Å². The molecule has 2 rings (SSSR count). The van der Waals surface area contributed by atoms with Crippen molar-refractivity contribution in [3.8, 4) is 5.75 Å². The number of rotatable bonds is 3. The van der Waals surface area contributed by atoms with Gasteiger partial charge in [-0.25, -0.2) is 14.3 Å². The SMILES string of the molecule is COc1c(Br)ccc(Cc2n[nH]c(=O)n2C)c1F. The van der Waals surface area contributed by atoms with Gasteiger partial charge in [-0.2, -0.15) is 5.10 Å². The molecule has 0 spiro atoms. The Labute approximate surface area is 111 Å². The Morgan fingerprint density at radius 1 is 1.56 bits per heavy atom. The van der Waals surface area contributed by atoms with Gasteiger partial charge in [0, 0.05) is 13.5 Å². The largest absolute Gasteiger partial charge is 0.492 e. The molecule has 0 aliphatic carbocycles. The number of benzene rings is 1. The summed E-state index contributed by atoms with van der Waals surface area (Å²) in [4.78, 5) is 11.2. The number of aromatic amines is 1. The summed E-state index contributed by atoms with van der Waals surface area (Å²) in [5.41, 5.74) is 0.0895. The van der Waals surface area contributed by atoms with E-state index in [2.05, 4.69) is 26.1 Å². The molecule has 0 saturated carbocycles. The third-order valence-corrected chi connectivity index (χ3v) is 3.28. The first-order valence-electron chi connectivity index (χ1n) is 5.15. The van der Waals surface area contributed by atoms with Crippen molar-refractivity contribution in [2.45, 2.75) is 6.42 Å². The van der Waals surface area contributed by atoms with E-state index in [1.54, 1.807) is 19.2 Å². The van der Waals surface area contributed by atoms with Gasteiger partial charge in [0.05, 0.1) is 11.6 Å². The van der Waals surface area contributed by atoms with Gasteiger partial charge in [0.2, 0.25) is 0 Å². The molecule has 0 amide bonds. The number of methoxy groups -OCH3 is 1. The molecular formula is C11H11BrFN3O2. The highest BCUT2D eigenvalue weighted by molar-refractivity contribution is 9.10. The minimum Gasteiger partial charge on any atom is -0.492 e. The molecule has 1 heterocycles. The molecule has 1 aromatic heterocycles. The molecule has 1 N–H and O–H groups in total. The average Bonchev–Trinajstić information content (AvgIpc) is 2.65. The van der Waals surface area contributed by atoms with Crippen LogP contribution in [0.15, 0.2) is 21.4 Å². The Bertz CT molecular complexity index is 636. The number of H-pyrrole nitrogens is 1. The number of nitrogens with zero attached hydrogens (tertiary/aromatic N) is 2. The molecule has 0 unspecified atom stereocenters. The highest BCUT2D eigenvalue weighted by Gasteiger charge is 2.15. The number of aromatic nitrogens is 3. The second-order valence-electron chi connectivity index (χ2n) is 3.73. The van der Waals surface area contributed by atoms with E-state index in [0.29, 0.717) is 15.9 Å². The summed E-state index contributed by atoms with van der Waals surface area (Å²) in [7, 11) is 2.98. The molecule has 96 valence electrons. The zero-order chi connectivity index (χ0) is 13.3. The minimum atomic E-state index is -0.456.